The van der Waals surface area contributed by atoms with Crippen molar-refractivity contribution >= 4 is 21.8 Å². The number of carbonyl (C=O) groups is 2. The summed E-state index contributed by atoms with van der Waals surface area (Å²) in [4.78, 5) is 28.2. The number of methoxy groups -OCH3 is 3. The zero-order valence-corrected chi connectivity index (χ0v) is 19.3. The van der Waals surface area contributed by atoms with Crippen molar-refractivity contribution in [1.82, 2.24) is 9.29 Å². The van der Waals surface area contributed by atoms with Crippen molar-refractivity contribution in [1.29, 1.82) is 0 Å². The van der Waals surface area contributed by atoms with Gasteiger partial charge in [0, 0.05) is 24.9 Å². The lowest BCUT2D eigenvalue weighted by atomic mass is 10.0. The smallest absolute Gasteiger partial charge is 0.354 e. The van der Waals surface area contributed by atoms with Crippen LogP contribution in [0.2, 0.25) is 0 Å². The van der Waals surface area contributed by atoms with Gasteiger partial charge in [-0.3, -0.25) is 4.79 Å². The minimum absolute atomic E-state index is 0.0237. The quantitative estimate of drug-likeness (QED) is 0.435. The number of Topliss-reactive ketones (excluding diaryl/α,β-unsaturated/α-hetero) is 1. The van der Waals surface area contributed by atoms with Crippen LogP contribution in [0.4, 0.5) is 0 Å². The number of hydrogen-bond acceptors (Lipinski definition) is 7. The second-order valence-electron chi connectivity index (χ2n) is 6.94. The predicted octanol–water partition coefficient (Wildman–Crippen LogP) is 2.34. The molecule has 2 aromatic rings. The molecule has 0 aliphatic rings. The molecule has 9 nitrogen and oxygen atoms in total. The van der Waals surface area contributed by atoms with Crippen LogP contribution in [-0.2, 0) is 19.5 Å². The third-order valence-corrected chi connectivity index (χ3v) is 7.05. The van der Waals surface area contributed by atoms with Crippen molar-refractivity contribution in [2.75, 3.05) is 34.5 Å². The molecule has 0 unspecified atom stereocenters. The number of rotatable bonds is 10. The van der Waals surface area contributed by atoms with Crippen LogP contribution in [-0.4, -0.2) is 70.0 Å². The van der Waals surface area contributed by atoms with Gasteiger partial charge in [-0.05, 0) is 50.6 Å². The van der Waals surface area contributed by atoms with Gasteiger partial charge in [0.2, 0.25) is 10.0 Å². The lowest BCUT2D eigenvalue weighted by Gasteiger charge is -2.27. The maximum absolute atomic E-state index is 13.4. The van der Waals surface area contributed by atoms with E-state index >= 15 is 0 Å². The molecule has 0 bridgehead atoms. The third-order valence-electron chi connectivity index (χ3n) is 5.07. The Hall–Kier alpha value is -2.69. The Morgan fingerprint density at radius 1 is 1.10 bits per heavy atom. The molecule has 10 heteroatoms. The largest absolute Gasteiger partial charge is 0.497 e. The molecule has 1 aromatic carbocycles. The molecule has 0 fully saturated rings. The standard InChI is InChI=1S/C21H28N2O7S/c1-13-18(14(2)22-19(13)21(25)30-6)20(24)15(3)23(11-12-28-4)31(26,27)17-9-7-16(29-5)8-10-17/h7-10,15,22H,11-12H2,1-6H3/t15-/m0/s1. The van der Waals surface area contributed by atoms with E-state index in [2.05, 4.69) is 4.98 Å². The molecule has 1 aromatic heterocycles. The average molecular weight is 453 g/mol. The Morgan fingerprint density at radius 2 is 1.71 bits per heavy atom. The van der Waals surface area contributed by atoms with E-state index < -0.39 is 27.8 Å². The first-order valence-corrected chi connectivity index (χ1v) is 11.0. The number of ether oxygens (including phenoxy) is 3. The maximum atomic E-state index is 13.4. The number of carbonyl (C=O) groups excluding carboxylic acids is 2. The first-order valence-electron chi connectivity index (χ1n) is 9.56. The Labute approximate surface area is 182 Å². The number of nitrogens with one attached hydrogen (secondary N) is 1. The van der Waals surface area contributed by atoms with Crippen LogP contribution in [0.5, 0.6) is 5.75 Å². The molecule has 1 atom stereocenters. The minimum Gasteiger partial charge on any atom is -0.497 e. The van der Waals surface area contributed by atoms with Gasteiger partial charge in [0.15, 0.2) is 5.78 Å². The van der Waals surface area contributed by atoms with Crippen LogP contribution in [0.15, 0.2) is 29.2 Å². The number of benzene rings is 1. The van der Waals surface area contributed by atoms with E-state index in [1.54, 1.807) is 13.8 Å². The summed E-state index contributed by atoms with van der Waals surface area (Å²) < 4.78 is 42.7. The first kappa shape index (κ1) is 24.6. The van der Waals surface area contributed by atoms with E-state index in [-0.39, 0.29) is 29.3 Å². The van der Waals surface area contributed by atoms with Crippen molar-refractivity contribution in [3.05, 3.63) is 46.8 Å². The van der Waals surface area contributed by atoms with Gasteiger partial charge < -0.3 is 19.2 Å². The zero-order valence-electron chi connectivity index (χ0n) is 18.5. The molecule has 1 N–H and O–H groups in total. The van der Waals surface area contributed by atoms with Gasteiger partial charge >= 0.3 is 5.97 Å². The van der Waals surface area contributed by atoms with E-state index in [0.29, 0.717) is 17.0 Å². The van der Waals surface area contributed by atoms with Crippen LogP contribution in [0.25, 0.3) is 0 Å². The number of aromatic amines is 1. The monoisotopic (exact) mass is 452 g/mol. The summed E-state index contributed by atoms with van der Waals surface area (Å²) in [6.07, 6.45) is 0. The number of esters is 1. The molecule has 0 amide bonds. The molecule has 0 radical (unpaired) electrons. The van der Waals surface area contributed by atoms with Gasteiger partial charge in [0.05, 0.1) is 31.8 Å². The molecule has 1 heterocycles. The van der Waals surface area contributed by atoms with E-state index in [4.69, 9.17) is 14.2 Å². The zero-order chi connectivity index (χ0) is 23.3. The average Bonchev–Trinajstić information content (AvgIpc) is 3.06. The summed E-state index contributed by atoms with van der Waals surface area (Å²) in [5.41, 5.74) is 1.30. The number of sulfonamides is 1. The van der Waals surface area contributed by atoms with Crippen molar-refractivity contribution < 1.29 is 32.2 Å². The van der Waals surface area contributed by atoms with Crippen LogP contribution >= 0.6 is 0 Å². The van der Waals surface area contributed by atoms with Crippen molar-refractivity contribution in [3.63, 3.8) is 0 Å². The van der Waals surface area contributed by atoms with Gasteiger partial charge in [0.1, 0.15) is 11.4 Å². The topological polar surface area (TPSA) is 115 Å². The van der Waals surface area contributed by atoms with Crippen molar-refractivity contribution in [2.24, 2.45) is 0 Å². The first-order chi connectivity index (χ1) is 14.6. The fraction of sp³-hybridized carbons (Fsp3) is 0.429. The molecule has 170 valence electrons. The van der Waals surface area contributed by atoms with Gasteiger partial charge in [-0.15, -0.1) is 0 Å². The second kappa shape index (κ2) is 10.1. The SMILES string of the molecule is COCCN([C@@H](C)C(=O)c1c(C)[nH]c(C(=O)OC)c1C)S(=O)(=O)c1ccc(OC)cc1. The normalized spacial score (nSPS) is 12.6. The highest BCUT2D eigenvalue weighted by molar-refractivity contribution is 7.89. The Bertz CT molecular complexity index is 1040. The highest BCUT2D eigenvalue weighted by atomic mass is 32.2. The number of aryl methyl sites for hydroxylation is 1. The summed E-state index contributed by atoms with van der Waals surface area (Å²) in [5.74, 6) is -0.524. The van der Waals surface area contributed by atoms with Crippen molar-refractivity contribution in [3.8, 4) is 5.75 Å². The maximum Gasteiger partial charge on any atom is 0.354 e. The molecular formula is C21H28N2O7S. The minimum atomic E-state index is -4.02. The molecule has 31 heavy (non-hydrogen) atoms. The molecule has 0 aliphatic carbocycles. The Kier molecular flexibility index (Phi) is 7.99. The number of ketones is 1. The van der Waals surface area contributed by atoms with E-state index in [9.17, 15) is 18.0 Å². The molecule has 0 saturated heterocycles. The molecule has 2 rings (SSSR count). The van der Waals surface area contributed by atoms with Crippen LogP contribution < -0.4 is 4.74 Å². The number of H-pyrrole nitrogens is 1. The van der Waals surface area contributed by atoms with E-state index in [1.807, 2.05) is 0 Å². The molecular weight excluding hydrogens is 424 g/mol. The summed E-state index contributed by atoms with van der Waals surface area (Å²) >= 11 is 0. The number of hydrogen-bond donors (Lipinski definition) is 1. The third kappa shape index (κ3) is 4.97. The summed E-state index contributed by atoms with van der Waals surface area (Å²) in [6, 6.07) is 4.88. The van der Waals surface area contributed by atoms with Crippen molar-refractivity contribution in [2.45, 2.75) is 31.7 Å². The number of nitrogens with zero attached hydrogens (tertiary/aromatic N) is 1. The molecule has 0 spiro atoms. The van der Waals surface area contributed by atoms with Crippen LogP contribution in [0.3, 0.4) is 0 Å². The van der Waals surface area contributed by atoms with Crippen LogP contribution in [0.1, 0.15) is 39.0 Å². The van der Waals surface area contributed by atoms with Gasteiger partial charge in [-0.25, -0.2) is 13.2 Å². The van der Waals surface area contributed by atoms with Crippen LogP contribution in [0, 0.1) is 13.8 Å². The van der Waals surface area contributed by atoms with Gasteiger partial charge in [0.25, 0.3) is 0 Å². The lowest BCUT2D eigenvalue weighted by Crippen LogP contribution is -2.45. The fourth-order valence-electron chi connectivity index (χ4n) is 3.35. The molecule has 0 aliphatic heterocycles. The highest BCUT2D eigenvalue weighted by Gasteiger charge is 2.35. The fourth-order valence-corrected chi connectivity index (χ4v) is 4.93. The molecule has 0 saturated carbocycles. The summed E-state index contributed by atoms with van der Waals surface area (Å²) in [5, 5.41) is 0. The van der Waals surface area contributed by atoms with E-state index in [1.165, 1.54) is 52.5 Å². The highest BCUT2D eigenvalue weighted by Crippen LogP contribution is 2.26. The second-order valence-corrected chi connectivity index (χ2v) is 8.83. The number of aromatic nitrogens is 1. The lowest BCUT2D eigenvalue weighted by molar-refractivity contribution is 0.0593. The summed E-state index contributed by atoms with van der Waals surface area (Å²) in [6.45, 7) is 4.86. The predicted molar refractivity (Wildman–Crippen MR) is 114 cm³/mol. The van der Waals surface area contributed by atoms with Gasteiger partial charge in [-0.2, -0.15) is 4.31 Å². The summed E-state index contributed by atoms with van der Waals surface area (Å²) in [7, 11) is 0.168. The van der Waals surface area contributed by atoms with E-state index in [0.717, 1.165) is 4.31 Å². The van der Waals surface area contributed by atoms with Gasteiger partial charge in [-0.1, -0.05) is 0 Å². The Balaban J connectivity index is 2.47. The Morgan fingerprint density at radius 3 is 2.23 bits per heavy atom.